The first-order valence-electron chi connectivity index (χ1n) is 12.2. The monoisotopic (exact) mass is 511 g/mol. The molecule has 0 saturated carbocycles. The van der Waals surface area contributed by atoms with Crippen molar-refractivity contribution in [2.45, 2.75) is 12.1 Å². The van der Waals surface area contributed by atoms with Crippen LogP contribution in [0.15, 0.2) is 71.8 Å². The lowest BCUT2D eigenvalue weighted by Crippen LogP contribution is -2.44. The minimum absolute atomic E-state index is 0.283. The first-order valence-corrected chi connectivity index (χ1v) is 12.2. The maximum Gasteiger partial charge on any atom is 0.240 e. The minimum Gasteiger partial charge on any atom is -0.497 e. The van der Waals surface area contributed by atoms with Crippen molar-refractivity contribution in [3.8, 4) is 17.2 Å². The number of carbonyl (C=O) groups is 3. The zero-order valence-electron chi connectivity index (χ0n) is 21.0. The quantitative estimate of drug-likeness (QED) is 0.369. The van der Waals surface area contributed by atoms with E-state index >= 15 is 0 Å². The van der Waals surface area contributed by atoms with E-state index in [4.69, 9.17) is 14.2 Å². The predicted molar refractivity (Wildman–Crippen MR) is 139 cm³/mol. The molecule has 192 valence electrons. The first kappa shape index (κ1) is 23.7. The summed E-state index contributed by atoms with van der Waals surface area (Å²) in [5.74, 6) is -1.49. The van der Waals surface area contributed by atoms with E-state index in [2.05, 4.69) is 5.10 Å². The van der Waals surface area contributed by atoms with Crippen LogP contribution in [0.1, 0.15) is 27.5 Å². The van der Waals surface area contributed by atoms with E-state index in [1.807, 2.05) is 24.3 Å². The average Bonchev–Trinajstić information content (AvgIpc) is 3.44. The van der Waals surface area contributed by atoms with Crippen molar-refractivity contribution in [3.05, 3.63) is 83.4 Å². The number of benzene rings is 3. The molecular formula is C29H25N3O6. The number of methoxy groups -OCH3 is 3. The molecule has 9 nitrogen and oxygen atoms in total. The molecule has 3 aromatic rings. The number of amides is 2. The van der Waals surface area contributed by atoms with Gasteiger partial charge in [0.05, 0.1) is 51.1 Å². The lowest BCUT2D eigenvalue weighted by atomic mass is 9.83. The van der Waals surface area contributed by atoms with Crippen LogP contribution in [0, 0.1) is 11.8 Å². The van der Waals surface area contributed by atoms with Gasteiger partial charge in [0, 0.05) is 11.6 Å². The smallest absolute Gasteiger partial charge is 0.240 e. The number of hydrogen-bond acceptors (Lipinski definition) is 8. The largest absolute Gasteiger partial charge is 0.497 e. The minimum atomic E-state index is -0.971. The number of ether oxygens (including phenoxy) is 3. The van der Waals surface area contributed by atoms with Gasteiger partial charge in [0.1, 0.15) is 23.3 Å². The Morgan fingerprint density at radius 3 is 2.21 bits per heavy atom. The molecule has 38 heavy (non-hydrogen) atoms. The number of hydrazone groups is 1. The zero-order chi connectivity index (χ0) is 26.6. The first-order chi connectivity index (χ1) is 18.5. The molecule has 0 bridgehead atoms. The molecule has 2 saturated heterocycles. The number of nitrogens with zero attached hydrogens (tertiary/aromatic N) is 3. The third-order valence-electron chi connectivity index (χ3n) is 7.56. The lowest BCUT2D eigenvalue weighted by Gasteiger charge is -2.34. The van der Waals surface area contributed by atoms with E-state index in [0.717, 1.165) is 16.0 Å². The number of fused-ring (bicyclic) bond motifs is 5. The van der Waals surface area contributed by atoms with Crippen molar-refractivity contribution in [1.29, 1.82) is 0 Å². The van der Waals surface area contributed by atoms with Gasteiger partial charge in [-0.2, -0.15) is 5.10 Å². The average molecular weight is 512 g/mol. The van der Waals surface area contributed by atoms with Crippen LogP contribution in [0.25, 0.3) is 0 Å². The topological polar surface area (TPSA) is 97.7 Å². The van der Waals surface area contributed by atoms with Crippen molar-refractivity contribution in [2.75, 3.05) is 26.2 Å². The van der Waals surface area contributed by atoms with Gasteiger partial charge in [-0.1, -0.05) is 24.3 Å². The van der Waals surface area contributed by atoms with Gasteiger partial charge >= 0.3 is 0 Å². The molecule has 0 aromatic heterocycles. The van der Waals surface area contributed by atoms with Crippen LogP contribution in [-0.2, 0) is 9.59 Å². The van der Waals surface area contributed by atoms with Crippen LogP contribution in [0.2, 0.25) is 0 Å². The summed E-state index contributed by atoms with van der Waals surface area (Å²) < 4.78 is 16.1. The molecule has 4 atom stereocenters. The molecule has 2 amide bonds. The van der Waals surface area contributed by atoms with Crippen LogP contribution in [-0.4, -0.2) is 56.2 Å². The Hall–Kier alpha value is -4.66. The van der Waals surface area contributed by atoms with Gasteiger partial charge in [-0.05, 0) is 47.5 Å². The second kappa shape index (κ2) is 9.02. The van der Waals surface area contributed by atoms with Crippen LogP contribution in [0.3, 0.4) is 0 Å². The van der Waals surface area contributed by atoms with Gasteiger partial charge in [-0.15, -0.1) is 0 Å². The summed E-state index contributed by atoms with van der Waals surface area (Å²) in [6, 6.07) is 17.7. The maximum absolute atomic E-state index is 14.1. The Morgan fingerprint density at radius 2 is 1.50 bits per heavy atom. The van der Waals surface area contributed by atoms with Gasteiger partial charge in [0.15, 0.2) is 5.78 Å². The fourth-order valence-corrected chi connectivity index (χ4v) is 5.80. The summed E-state index contributed by atoms with van der Waals surface area (Å²) >= 11 is 0. The third-order valence-corrected chi connectivity index (χ3v) is 7.56. The van der Waals surface area contributed by atoms with Crippen LogP contribution in [0.4, 0.5) is 5.69 Å². The van der Waals surface area contributed by atoms with E-state index in [-0.39, 0.29) is 11.5 Å². The molecule has 6 rings (SSSR count). The second-order valence-corrected chi connectivity index (χ2v) is 9.34. The van der Waals surface area contributed by atoms with E-state index in [1.165, 1.54) is 14.2 Å². The fraction of sp³-hybridized carbons (Fsp3) is 0.241. The Labute approximate surface area is 219 Å². The number of anilines is 1. The molecular weight excluding hydrogens is 486 g/mol. The highest BCUT2D eigenvalue weighted by Gasteiger charge is 2.65. The van der Waals surface area contributed by atoms with Crippen molar-refractivity contribution in [1.82, 2.24) is 5.01 Å². The summed E-state index contributed by atoms with van der Waals surface area (Å²) in [6.45, 7) is 0. The standard InChI is InChI=1S/C29H25N3O6/c1-36-18-10-8-16(9-11-18)27(33)26-24-23(25-20-7-5-4-6-17(20)15-30-32(25)26)28(34)31(29(24)35)21-14-19(37-2)12-13-22(21)38-3/h4-15,23-26H,1-3H3/t23-,24+,25+,26-/m1/s1. The predicted octanol–water partition coefficient (Wildman–Crippen LogP) is 3.47. The van der Waals surface area contributed by atoms with Gasteiger partial charge in [-0.3, -0.25) is 19.4 Å². The summed E-state index contributed by atoms with van der Waals surface area (Å²) in [5, 5.41) is 6.24. The van der Waals surface area contributed by atoms with Gasteiger partial charge < -0.3 is 14.2 Å². The van der Waals surface area contributed by atoms with E-state index in [9.17, 15) is 14.4 Å². The molecule has 0 unspecified atom stereocenters. The third kappa shape index (κ3) is 3.38. The Morgan fingerprint density at radius 1 is 0.816 bits per heavy atom. The molecule has 0 aliphatic carbocycles. The molecule has 2 fully saturated rings. The van der Waals surface area contributed by atoms with Crippen molar-refractivity contribution in [3.63, 3.8) is 0 Å². The van der Waals surface area contributed by atoms with E-state index in [1.54, 1.807) is 60.8 Å². The highest BCUT2D eigenvalue weighted by Crippen LogP contribution is 2.54. The molecule has 3 aliphatic rings. The summed E-state index contributed by atoms with van der Waals surface area (Å²) in [7, 11) is 4.53. The van der Waals surface area contributed by atoms with E-state index in [0.29, 0.717) is 22.8 Å². The highest BCUT2D eigenvalue weighted by molar-refractivity contribution is 6.25. The maximum atomic E-state index is 14.1. The summed E-state index contributed by atoms with van der Waals surface area (Å²) in [6.07, 6.45) is 1.68. The lowest BCUT2D eigenvalue weighted by molar-refractivity contribution is -0.124. The Kier molecular flexibility index (Phi) is 5.63. The molecule has 3 aromatic carbocycles. The summed E-state index contributed by atoms with van der Waals surface area (Å²) in [5.41, 5.74) is 2.39. The molecule has 3 heterocycles. The molecule has 0 spiro atoms. The molecule has 3 aliphatic heterocycles. The number of ketones is 1. The van der Waals surface area contributed by atoms with Gasteiger partial charge in [0.25, 0.3) is 0 Å². The molecule has 0 radical (unpaired) electrons. The zero-order valence-corrected chi connectivity index (χ0v) is 21.0. The van der Waals surface area contributed by atoms with Crippen LogP contribution in [0.5, 0.6) is 17.2 Å². The fourth-order valence-electron chi connectivity index (χ4n) is 5.80. The highest BCUT2D eigenvalue weighted by atomic mass is 16.5. The SMILES string of the molecule is COc1ccc(C(=O)[C@H]2[C@H]3C(=O)N(c4cc(OC)ccc4OC)C(=O)[C@H]3[C@@H]3c4ccccc4C=NN23)cc1. The number of rotatable bonds is 6. The molecule has 9 heteroatoms. The number of carbonyl (C=O) groups excluding carboxylic acids is 3. The Balaban J connectivity index is 1.49. The van der Waals surface area contributed by atoms with Crippen molar-refractivity contribution < 1.29 is 28.6 Å². The second-order valence-electron chi connectivity index (χ2n) is 9.34. The Bertz CT molecular complexity index is 1480. The van der Waals surface area contributed by atoms with Crippen molar-refractivity contribution >= 4 is 29.5 Å². The van der Waals surface area contributed by atoms with Gasteiger partial charge in [0.2, 0.25) is 11.8 Å². The number of hydrogen-bond donors (Lipinski definition) is 0. The summed E-state index contributed by atoms with van der Waals surface area (Å²) in [4.78, 5) is 43.4. The van der Waals surface area contributed by atoms with Crippen LogP contribution >= 0.6 is 0 Å². The molecule has 0 N–H and O–H groups in total. The van der Waals surface area contributed by atoms with Crippen molar-refractivity contribution in [2.24, 2.45) is 16.9 Å². The normalized spacial score (nSPS) is 23.1. The number of imide groups is 1. The van der Waals surface area contributed by atoms with Crippen LogP contribution < -0.4 is 19.1 Å². The van der Waals surface area contributed by atoms with Gasteiger partial charge in [-0.25, -0.2) is 4.90 Å². The number of Topliss-reactive ketones (excluding diaryl/α,β-unsaturated/α-hetero) is 1. The van der Waals surface area contributed by atoms with E-state index < -0.39 is 35.7 Å².